The van der Waals surface area contributed by atoms with E-state index in [1.54, 1.807) is 12.3 Å². The largest absolute Gasteiger partial charge is 0.453 e. The van der Waals surface area contributed by atoms with Crippen LogP contribution >= 0.6 is 0 Å². The second-order valence-electron chi connectivity index (χ2n) is 5.05. The van der Waals surface area contributed by atoms with Crippen LogP contribution in [-0.4, -0.2) is 27.7 Å². The van der Waals surface area contributed by atoms with Crippen LogP contribution in [0.1, 0.15) is 5.56 Å². The molecule has 2 heterocycles. The number of nitrogens with zero attached hydrogens (tertiary/aromatic N) is 3. The number of aryl methyl sites for hydroxylation is 2. The predicted octanol–water partition coefficient (Wildman–Crippen LogP) is 3.12. The summed E-state index contributed by atoms with van der Waals surface area (Å²) in [4.78, 5) is 20.5. The third kappa shape index (κ3) is 2.50. The molecule has 1 N–H and O–H groups in total. The topological polar surface area (TPSA) is 69.0 Å². The fraction of sp³-hybridized carbons (Fsp3) is 0.188. The van der Waals surface area contributed by atoms with Crippen molar-refractivity contribution in [3.63, 3.8) is 0 Å². The molecule has 0 bridgehead atoms. The number of fused-ring (bicyclic) bond motifs is 1. The summed E-state index contributed by atoms with van der Waals surface area (Å²) >= 11 is 0. The molecule has 0 atom stereocenters. The summed E-state index contributed by atoms with van der Waals surface area (Å²) in [7, 11) is 3.24. The molecule has 0 aliphatic carbocycles. The quantitative estimate of drug-likeness (QED) is 0.789. The highest BCUT2D eigenvalue weighted by molar-refractivity contribution is 6.00. The highest BCUT2D eigenvalue weighted by Gasteiger charge is 2.13. The molecular formula is C16H16N4O2. The van der Waals surface area contributed by atoms with Crippen molar-refractivity contribution >= 4 is 22.7 Å². The van der Waals surface area contributed by atoms with Crippen LogP contribution in [0.2, 0.25) is 0 Å². The van der Waals surface area contributed by atoms with Crippen LogP contribution in [0.4, 0.5) is 10.5 Å². The van der Waals surface area contributed by atoms with E-state index in [0.717, 1.165) is 22.3 Å². The fourth-order valence-electron chi connectivity index (χ4n) is 2.33. The first-order valence-electron chi connectivity index (χ1n) is 6.82. The minimum atomic E-state index is -0.514. The van der Waals surface area contributed by atoms with Gasteiger partial charge in [-0.05, 0) is 25.1 Å². The van der Waals surface area contributed by atoms with Gasteiger partial charge in [-0.2, -0.15) is 0 Å². The molecule has 1 amide bonds. The fourth-order valence-corrected chi connectivity index (χ4v) is 2.33. The Labute approximate surface area is 127 Å². The Balaban J connectivity index is 2.22. The lowest BCUT2D eigenvalue weighted by molar-refractivity contribution is 0.187. The summed E-state index contributed by atoms with van der Waals surface area (Å²) in [6.07, 6.45) is 3.05. The van der Waals surface area contributed by atoms with Gasteiger partial charge in [0.25, 0.3) is 0 Å². The van der Waals surface area contributed by atoms with Gasteiger partial charge in [-0.25, -0.2) is 14.8 Å². The summed E-state index contributed by atoms with van der Waals surface area (Å²) in [6.45, 7) is 1.99. The molecule has 1 aromatic carbocycles. The third-order valence-corrected chi connectivity index (χ3v) is 3.44. The maximum atomic E-state index is 11.6. The van der Waals surface area contributed by atoms with Crippen molar-refractivity contribution < 1.29 is 9.53 Å². The normalized spacial score (nSPS) is 10.7. The van der Waals surface area contributed by atoms with Gasteiger partial charge in [0.15, 0.2) is 5.82 Å². The van der Waals surface area contributed by atoms with Crippen molar-refractivity contribution in [1.29, 1.82) is 0 Å². The number of nitrogens with one attached hydrogen (secondary N) is 1. The number of hydrogen-bond acceptors (Lipinski definition) is 4. The van der Waals surface area contributed by atoms with E-state index in [4.69, 9.17) is 4.74 Å². The Bertz CT molecular complexity index is 854. The minimum absolute atomic E-state index is 0.514. The summed E-state index contributed by atoms with van der Waals surface area (Å²) in [6, 6.07) is 7.70. The molecule has 0 fully saturated rings. The van der Waals surface area contributed by atoms with Gasteiger partial charge in [0.05, 0.1) is 18.3 Å². The number of pyridine rings is 1. The van der Waals surface area contributed by atoms with Crippen molar-refractivity contribution in [2.75, 3.05) is 12.4 Å². The Morgan fingerprint density at radius 2 is 2.14 bits per heavy atom. The highest BCUT2D eigenvalue weighted by atomic mass is 16.5. The van der Waals surface area contributed by atoms with Gasteiger partial charge in [0, 0.05) is 24.8 Å². The first kappa shape index (κ1) is 14.1. The Hall–Kier alpha value is -2.89. The molecule has 3 aromatic rings. The second kappa shape index (κ2) is 5.48. The van der Waals surface area contributed by atoms with Gasteiger partial charge >= 0.3 is 6.09 Å². The number of anilines is 1. The number of benzene rings is 1. The lowest BCUT2D eigenvalue weighted by atomic mass is 10.1. The van der Waals surface area contributed by atoms with Crippen molar-refractivity contribution in [1.82, 2.24) is 14.5 Å². The molecule has 6 heteroatoms. The van der Waals surface area contributed by atoms with Gasteiger partial charge in [0.1, 0.15) is 5.69 Å². The smallest absolute Gasteiger partial charge is 0.411 e. The van der Waals surface area contributed by atoms with E-state index in [9.17, 15) is 4.79 Å². The van der Waals surface area contributed by atoms with Crippen molar-refractivity contribution in [3.8, 4) is 11.5 Å². The lowest BCUT2D eigenvalue weighted by Crippen LogP contribution is -2.12. The zero-order valence-electron chi connectivity index (χ0n) is 12.6. The van der Waals surface area contributed by atoms with E-state index in [2.05, 4.69) is 15.3 Å². The first-order valence-corrected chi connectivity index (χ1v) is 6.82. The molecule has 2 aromatic heterocycles. The molecule has 0 saturated carbocycles. The zero-order valence-corrected chi connectivity index (χ0v) is 12.6. The SMILES string of the molecule is COC(=O)Nc1cc(-c2nccn2C)nc2ccc(C)cc12. The monoisotopic (exact) mass is 296 g/mol. The van der Waals surface area contributed by atoms with Gasteiger partial charge in [-0.3, -0.25) is 5.32 Å². The predicted molar refractivity (Wildman–Crippen MR) is 84.7 cm³/mol. The van der Waals surface area contributed by atoms with Gasteiger partial charge in [0.2, 0.25) is 0 Å². The number of ether oxygens (including phenoxy) is 1. The Morgan fingerprint density at radius 3 is 2.82 bits per heavy atom. The number of amides is 1. The first-order chi connectivity index (χ1) is 10.6. The molecule has 6 nitrogen and oxygen atoms in total. The highest BCUT2D eigenvalue weighted by Crippen LogP contribution is 2.28. The Kier molecular flexibility index (Phi) is 3.50. The number of methoxy groups -OCH3 is 1. The van der Waals surface area contributed by atoms with E-state index in [-0.39, 0.29) is 0 Å². The zero-order chi connectivity index (χ0) is 15.7. The molecule has 0 aliphatic rings. The molecule has 22 heavy (non-hydrogen) atoms. The molecule has 0 spiro atoms. The van der Waals surface area contributed by atoms with Crippen LogP contribution in [0.5, 0.6) is 0 Å². The van der Waals surface area contributed by atoms with Gasteiger partial charge in [-0.1, -0.05) is 11.6 Å². The van der Waals surface area contributed by atoms with Crippen LogP contribution < -0.4 is 5.32 Å². The molecule has 112 valence electrons. The standard InChI is InChI=1S/C16H16N4O2/c1-10-4-5-12-11(8-10)13(19-16(21)22-3)9-14(18-12)15-17-6-7-20(15)2/h4-9H,1-3H3,(H,18,19,21). The van der Waals surface area contributed by atoms with E-state index in [0.29, 0.717) is 11.4 Å². The molecule has 0 unspecified atom stereocenters. The number of carbonyl (C=O) groups is 1. The number of imidazole rings is 1. The van der Waals surface area contributed by atoms with E-state index in [1.165, 1.54) is 7.11 Å². The number of carbonyl (C=O) groups excluding carboxylic acids is 1. The molecule has 0 radical (unpaired) electrons. The summed E-state index contributed by atoms with van der Waals surface area (Å²) in [5.74, 6) is 0.732. The molecule has 0 saturated heterocycles. The van der Waals surface area contributed by atoms with E-state index < -0.39 is 6.09 Å². The van der Waals surface area contributed by atoms with Gasteiger partial charge in [-0.15, -0.1) is 0 Å². The van der Waals surface area contributed by atoms with Crippen LogP contribution in [0, 0.1) is 6.92 Å². The molecule has 0 aliphatic heterocycles. The van der Waals surface area contributed by atoms with Crippen LogP contribution in [0.15, 0.2) is 36.7 Å². The van der Waals surface area contributed by atoms with Crippen molar-refractivity contribution in [3.05, 3.63) is 42.2 Å². The van der Waals surface area contributed by atoms with Crippen LogP contribution in [0.25, 0.3) is 22.4 Å². The summed E-state index contributed by atoms with van der Waals surface area (Å²) in [5, 5.41) is 3.61. The maximum Gasteiger partial charge on any atom is 0.411 e. The molecule has 3 rings (SSSR count). The third-order valence-electron chi connectivity index (χ3n) is 3.44. The van der Waals surface area contributed by atoms with E-state index >= 15 is 0 Å². The average Bonchev–Trinajstić information content (AvgIpc) is 2.93. The second-order valence-corrected chi connectivity index (χ2v) is 5.05. The summed E-state index contributed by atoms with van der Waals surface area (Å²) < 4.78 is 6.58. The Morgan fingerprint density at radius 1 is 1.32 bits per heavy atom. The van der Waals surface area contributed by atoms with Crippen molar-refractivity contribution in [2.24, 2.45) is 7.05 Å². The number of aromatic nitrogens is 3. The number of hydrogen-bond donors (Lipinski definition) is 1. The molecular weight excluding hydrogens is 280 g/mol. The average molecular weight is 296 g/mol. The lowest BCUT2D eigenvalue weighted by Gasteiger charge is -2.11. The van der Waals surface area contributed by atoms with E-state index in [1.807, 2.05) is 42.9 Å². The maximum absolute atomic E-state index is 11.6. The van der Waals surface area contributed by atoms with Crippen molar-refractivity contribution in [2.45, 2.75) is 6.92 Å². The van der Waals surface area contributed by atoms with Crippen LogP contribution in [0.3, 0.4) is 0 Å². The van der Waals surface area contributed by atoms with Crippen LogP contribution in [-0.2, 0) is 11.8 Å². The van der Waals surface area contributed by atoms with Gasteiger partial charge < -0.3 is 9.30 Å². The minimum Gasteiger partial charge on any atom is -0.453 e. The number of rotatable bonds is 2. The summed E-state index contributed by atoms with van der Waals surface area (Å²) in [5.41, 5.74) is 3.22.